The van der Waals surface area contributed by atoms with Gasteiger partial charge in [-0.1, -0.05) is 42.8 Å². The number of carbonyl (C=O) groups excluding carboxylic acids is 1. The molecule has 2 heterocycles. The van der Waals surface area contributed by atoms with Crippen LogP contribution in [0, 0.1) is 0 Å². The van der Waals surface area contributed by atoms with Crippen LogP contribution in [0.1, 0.15) is 24.5 Å². The Hall–Kier alpha value is -3.78. The molecule has 0 N–H and O–H groups in total. The van der Waals surface area contributed by atoms with Gasteiger partial charge in [0.2, 0.25) is 5.78 Å². The van der Waals surface area contributed by atoms with Gasteiger partial charge in [-0.2, -0.15) is 14.6 Å². The zero-order chi connectivity index (χ0) is 24.1. The summed E-state index contributed by atoms with van der Waals surface area (Å²) in [6, 6.07) is 15.2. The van der Waals surface area contributed by atoms with Crippen molar-refractivity contribution >= 4 is 28.9 Å². The number of halogens is 1. The molecular formula is C25H25ClN4O4. The normalized spacial score (nSPS) is 11.6. The Bertz CT molecular complexity index is 1320. The second-order valence-corrected chi connectivity index (χ2v) is 7.85. The first-order valence-electron chi connectivity index (χ1n) is 10.8. The van der Waals surface area contributed by atoms with Crippen LogP contribution in [0.5, 0.6) is 5.75 Å². The molecule has 0 aliphatic rings. The predicted molar refractivity (Wildman–Crippen MR) is 129 cm³/mol. The quantitative estimate of drug-likeness (QED) is 0.190. The number of benzene rings is 2. The van der Waals surface area contributed by atoms with Crippen LogP contribution in [-0.4, -0.2) is 39.4 Å². The van der Waals surface area contributed by atoms with Crippen LogP contribution < -0.4 is 4.74 Å². The molecule has 0 aliphatic heterocycles. The van der Waals surface area contributed by atoms with Gasteiger partial charge in [-0.05, 0) is 41.8 Å². The number of methoxy groups -OCH3 is 2. The number of rotatable bonds is 9. The Balaban J connectivity index is 1.57. The lowest BCUT2D eigenvalue weighted by molar-refractivity contribution is -0.133. The van der Waals surface area contributed by atoms with Crippen molar-refractivity contribution in [3.8, 4) is 17.0 Å². The monoisotopic (exact) mass is 480 g/mol. The molecule has 0 atom stereocenters. The van der Waals surface area contributed by atoms with Crippen molar-refractivity contribution in [3.05, 3.63) is 77.4 Å². The number of hydrogen-bond acceptors (Lipinski definition) is 6. The second kappa shape index (κ2) is 10.4. The van der Waals surface area contributed by atoms with E-state index in [1.807, 2.05) is 48.5 Å². The maximum absolute atomic E-state index is 12.2. The molecule has 4 rings (SSSR count). The maximum Gasteiger partial charge on any atom is 0.341 e. The van der Waals surface area contributed by atoms with Crippen molar-refractivity contribution in [2.75, 3.05) is 14.2 Å². The Morgan fingerprint density at radius 3 is 2.59 bits per heavy atom. The molecule has 0 bridgehead atoms. The summed E-state index contributed by atoms with van der Waals surface area (Å²) in [5, 5.41) is 4.74. The van der Waals surface area contributed by atoms with Crippen molar-refractivity contribution in [2.24, 2.45) is 0 Å². The zero-order valence-electron chi connectivity index (χ0n) is 19.2. The number of aromatic nitrogens is 4. The Morgan fingerprint density at radius 1 is 1.12 bits per heavy atom. The average Bonchev–Trinajstić information content (AvgIpc) is 3.44. The Kier molecular flexibility index (Phi) is 7.18. The summed E-state index contributed by atoms with van der Waals surface area (Å²) < 4.78 is 19.7. The number of imidazole rings is 1. The molecule has 0 saturated carbocycles. The smallest absolute Gasteiger partial charge is 0.341 e. The van der Waals surface area contributed by atoms with Gasteiger partial charge in [0, 0.05) is 12.1 Å². The number of hydrogen-bond donors (Lipinski definition) is 0. The number of nitrogens with zero attached hydrogens (tertiary/aromatic N) is 4. The summed E-state index contributed by atoms with van der Waals surface area (Å²) in [4.78, 5) is 16.6. The molecule has 0 unspecified atom stereocenters. The van der Waals surface area contributed by atoms with E-state index in [1.54, 1.807) is 4.52 Å². The third-order valence-electron chi connectivity index (χ3n) is 5.34. The summed E-state index contributed by atoms with van der Waals surface area (Å²) in [5.74, 6) is 0.914. The lowest BCUT2D eigenvalue weighted by atomic mass is 10.0. The van der Waals surface area contributed by atoms with Gasteiger partial charge in [-0.15, -0.1) is 0 Å². The van der Waals surface area contributed by atoms with Gasteiger partial charge >= 0.3 is 5.97 Å². The molecule has 2 aromatic heterocycles. The van der Waals surface area contributed by atoms with E-state index in [4.69, 9.17) is 25.8 Å². The number of aryl methyl sites for hydroxylation is 1. The van der Waals surface area contributed by atoms with E-state index in [0.29, 0.717) is 27.8 Å². The summed E-state index contributed by atoms with van der Waals surface area (Å²) in [7, 11) is 2.82. The molecule has 34 heavy (non-hydrogen) atoms. The molecular weight excluding hydrogens is 456 g/mol. The SMILES string of the molecule is CCCn1c(-c2ccc(OCc3ccccc3/C(=C/OC)C(=O)OC)cc2)c(Cl)n2ncnc12. The largest absolute Gasteiger partial charge is 0.503 e. The lowest BCUT2D eigenvalue weighted by Crippen LogP contribution is -2.08. The molecule has 0 aliphatic carbocycles. The highest BCUT2D eigenvalue weighted by Gasteiger charge is 2.19. The van der Waals surface area contributed by atoms with Crippen LogP contribution in [0.15, 0.2) is 61.1 Å². The molecule has 9 heteroatoms. The molecule has 0 fully saturated rings. The van der Waals surface area contributed by atoms with Crippen molar-refractivity contribution in [1.82, 2.24) is 19.2 Å². The topological polar surface area (TPSA) is 79.9 Å². The van der Waals surface area contributed by atoms with Gasteiger partial charge in [-0.3, -0.25) is 0 Å². The Labute approximate surface area is 202 Å². The molecule has 2 aromatic carbocycles. The average molecular weight is 481 g/mol. The third-order valence-corrected chi connectivity index (χ3v) is 5.68. The first-order valence-corrected chi connectivity index (χ1v) is 11.2. The van der Waals surface area contributed by atoms with Crippen LogP contribution in [0.2, 0.25) is 5.15 Å². The summed E-state index contributed by atoms with van der Waals surface area (Å²) >= 11 is 6.62. The summed E-state index contributed by atoms with van der Waals surface area (Å²) in [5.41, 5.74) is 3.64. The van der Waals surface area contributed by atoms with Gasteiger partial charge in [0.25, 0.3) is 0 Å². The fourth-order valence-corrected chi connectivity index (χ4v) is 4.14. The molecule has 0 spiro atoms. The minimum absolute atomic E-state index is 0.262. The van der Waals surface area contributed by atoms with E-state index in [2.05, 4.69) is 21.6 Å². The highest BCUT2D eigenvalue weighted by molar-refractivity contribution is 6.32. The van der Waals surface area contributed by atoms with Crippen molar-refractivity contribution in [2.45, 2.75) is 26.5 Å². The molecule has 176 valence electrons. The van der Waals surface area contributed by atoms with Crippen molar-refractivity contribution in [1.29, 1.82) is 0 Å². The Morgan fingerprint density at radius 2 is 1.88 bits per heavy atom. The number of esters is 1. The molecule has 0 radical (unpaired) electrons. The van der Waals surface area contributed by atoms with Gasteiger partial charge in [0.15, 0.2) is 5.15 Å². The number of fused-ring (bicyclic) bond motifs is 1. The first-order chi connectivity index (χ1) is 16.6. The summed E-state index contributed by atoms with van der Waals surface area (Å²) in [6.07, 6.45) is 3.81. The van der Waals surface area contributed by atoms with E-state index >= 15 is 0 Å². The van der Waals surface area contributed by atoms with E-state index in [1.165, 1.54) is 26.8 Å². The van der Waals surface area contributed by atoms with Gasteiger partial charge in [0.05, 0.1) is 26.2 Å². The minimum Gasteiger partial charge on any atom is -0.503 e. The van der Waals surface area contributed by atoms with Crippen LogP contribution in [0.4, 0.5) is 0 Å². The maximum atomic E-state index is 12.2. The van der Waals surface area contributed by atoms with Gasteiger partial charge < -0.3 is 18.8 Å². The highest BCUT2D eigenvalue weighted by atomic mass is 35.5. The first kappa shape index (κ1) is 23.4. The molecule has 0 amide bonds. The standard InChI is InChI=1S/C25H25ClN4O4/c1-4-13-29-22(23(26)30-25(29)27-16-28-30)17-9-11-19(12-10-17)34-14-18-7-5-6-8-20(18)21(15-32-2)24(31)33-3/h5-12,15-16H,4,13-14H2,1-3H3/b21-15-. The lowest BCUT2D eigenvalue weighted by Gasteiger charge is -2.13. The second-order valence-electron chi connectivity index (χ2n) is 7.49. The van der Waals surface area contributed by atoms with E-state index < -0.39 is 5.97 Å². The van der Waals surface area contributed by atoms with E-state index in [-0.39, 0.29) is 6.61 Å². The van der Waals surface area contributed by atoms with Crippen LogP contribution in [0.25, 0.3) is 22.6 Å². The molecule has 8 nitrogen and oxygen atoms in total. The van der Waals surface area contributed by atoms with E-state index in [9.17, 15) is 4.79 Å². The molecule has 4 aromatic rings. The van der Waals surface area contributed by atoms with Crippen LogP contribution in [0.3, 0.4) is 0 Å². The fourth-order valence-electron chi connectivity index (χ4n) is 3.81. The zero-order valence-corrected chi connectivity index (χ0v) is 20.0. The van der Waals surface area contributed by atoms with Crippen LogP contribution in [-0.2, 0) is 27.4 Å². The van der Waals surface area contributed by atoms with Crippen LogP contribution >= 0.6 is 11.6 Å². The molecule has 0 saturated heterocycles. The van der Waals surface area contributed by atoms with Crippen molar-refractivity contribution in [3.63, 3.8) is 0 Å². The fraction of sp³-hybridized carbons (Fsp3) is 0.240. The predicted octanol–water partition coefficient (Wildman–Crippen LogP) is 5.00. The minimum atomic E-state index is -0.480. The third kappa shape index (κ3) is 4.49. The van der Waals surface area contributed by atoms with Gasteiger partial charge in [-0.25, -0.2) is 4.79 Å². The van der Waals surface area contributed by atoms with Gasteiger partial charge in [0.1, 0.15) is 24.3 Å². The number of ether oxygens (including phenoxy) is 3. The summed E-state index contributed by atoms with van der Waals surface area (Å²) in [6.45, 7) is 3.14. The van der Waals surface area contributed by atoms with Crippen molar-refractivity contribution < 1.29 is 19.0 Å². The number of carbonyl (C=O) groups is 1. The highest BCUT2D eigenvalue weighted by Crippen LogP contribution is 2.32. The van der Waals surface area contributed by atoms with E-state index in [0.717, 1.165) is 29.8 Å².